The molecule has 2 aliphatic rings. The van der Waals surface area contributed by atoms with Gasteiger partial charge in [-0.1, -0.05) is 35.9 Å². The number of carbonyl (C=O) groups is 2. The van der Waals surface area contributed by atoms with Crippen LogP contribution in [-0.4, -0.2) is 76.7 Å². The number of hydrogen-bond donors (Lipinski definition) is 3. The van der Waals surface area contributed by atoms with Crippen LogP contribution in [0.3, 0.4) is 0 Å². The number of hydrogen-bond acceptors (Lipinski definition) is 6. The fraction of sp³-hybridized carbons (Fsp3) is 0.462. The monoisotopic (exact) mass is 547 g/mol. The molecule has 0 saturated carbocycles. The summed E-state index contributed by atoms with van der Waals surface area (Å²) in [5, 5.41) is 6.93. The molecule has 2 aromatic carbocycles. The van der Waals surface area contributed by atoms with Gasteiger partial charge in [0.25, 0.3) is 0 Å². The van der Waals surface area contributed by atoms with Gasteiger partial charge in [-0.2, -0.15) is 0 Å². The summed E-state index contributed by atoms with van der Waals surface area (Å²) in [6, 6.07) is 13.9. The van der Waals surface area contributed by atoms with Gasteiger partial charge >= 0.3 is 0 Å². The van der Waals surface area contributed by atoms with Crippen LogP contribution in [0.15, 0.2) is 48.5 Å². The van der Waals surface area contributed by atoms with E-state index in [1.54, 1.807) is 29.2 Å². The quantitative estimate of drug-likeness (QED) is 0.467. The summed E-state index contributed by atoms with van der Waals surface area (Å²) < 4.78 is 26.2. The maximum Gasteiger partial charge on any atom is 0.245 e. The summed E-state index contributed by atoms with van der Waals surface area (Å²) >= 11 is 6.04. The van der Waals surface area contributed by atoms with Crippen LogP contribution in [0.25, 0.3) is 0 Å². The van der Waals surface area contributed by atoms with E-state index < -0.39 is 16.1 Å². The number of sulfonamides is 1. The van der Waals surface area contributed by atoms with Gasteiger partial charge in [0, 0.05) is 43.5 Å². The zero-order chi connectivity index (χ0) is 26.4. The van der Waals surface area contributed by atoms with E-state index in [1.807, 2.05) is 24.3 Å². The van der Waals surface area contributed by atoms with Crippen LogP contribution < -0.4 is 20.3 Å². The second-order valence-corrected chi connectivity index (χ2v) is 11.8. The third-order valence-corrected chi connectivity index (χ3v) is 7.65. The molecule has 0 bridgehead atoms. The predicted molar refractivity (Wildman–Crippen MR) is 146 cm³/mol. The maximum atomic E-state index is 13.6. The molecular formula is C26H34ClN5O4S. The molecule has 0 aliphatic carbocycles. The lowest BCUT2D eigenvalue weighted by Crippen LogP contribution is -2.56. The van der Waals surface area contributed by atoms with Gasteiger partial charge in [0.15, 0.2) is 0 Å². The van der Waals surface area contributed by atoms with Crippen LogP contribution in [0.5, 0.6) is 0 Å². The first-order valence-corrected chi connectivity index (χ1v) is 14.8. The summed E-state index contributed by atoms with van der Waals surface area (Å²) in [5.74, 6) is -0.287. The zero-order valence-corrected chi connectivity index (χ0v) is 22.5. The lowest BCUT2D eigenvalue weighted by atomic mass is 9.96. The van der Waals surface area contributed by atoms with E-state index in [0.717, 1.165) is 43.4 Å². The minimum atomic E-state index is -3.42. The summed E-state index contributed by atoms with van der Waals surface area (Å²) in [6.07, 6.45) is 3.02. The molecular weight excluding hydrogens is 514 g/mol. The van der Waals surface area contributed by atoms with Crippen molar-refractivity contribution in [3.63, 3.8) is 0 Å². The minimum absolute atomic E-state index is 0.0757. The van der Waals surface area contributed by atoms with E-state index in [9.17, 15) is 18.0 Å². The standard InChI is InChI=1S/C26H34ClN5O4S/c1-37(35,36)30-22-4-2-3-5-24(22)31-14-16-32(17-15-31)26(34)23(18-19-6-8-21(27)9-7-19)29-25(33)20-10-12-28-13-11-20/h2-9,20,23,28,30H,10-18H2,1H3,(H,29,33)/t23-/m1/s1. The van der Waals surface area contributed by atoms with Crippen LogP contribution in [0.4, 0.5) is 11.4 Å². The molecule has 1 atom stereocenters. The highest BCUT2D eigenvalue weighted by Gasteiger charge is 2.31. The van der Waals surface area contributed by atoms with Gasteiger partial charge in [-0.3, -0.25) is 14.3 Å². The third-order valence-electron chi connectivity index (χ3n) is 6.81. The average molecular weight is 548 g/mol. The highest BCUT2D eigenvalue weighted by molar-refractivity contribution is 7.92. The number of amides is 2. The van der Waals surface area contributed by atoms with Gasteiger partial charge in [-0.25, -0.2) is 8.42 Å². The molecule has 2 fully saturated rings. The maximum absolute atomic E-state index is 13.6. The van der Waals surface area contributed by atoms with E-state index in [0.29, 0.717) is 43.3 Å². The Hall–Kier alpha value is -2.82. The molecule has 4 rings (SSSR count). The topological polar surface area (TPSA) is 111 Å². The Morgan fingerprint density at radius 3 is 2.32 bits per heavy atom. The van der Waals surface area contributed by atoms with Gasteiger partial charge in [-0.05, 0) is 55.8 Å². The Morgan fingerprint density at radius 1 is 1.03 bits per heavy atom. The van der Waals surface area contributed by atoms with Crippen molar-refractivity contribution in [2.75, 3.05) is 55.1 Å². The number of piperidine rings is 1. The van der Waals surface area contributed by atoms with Crippen molar-refractivity contribution in [3.8, 4) is 0 Å². The van der Waals surface area contributed by atoms with Crippen LogP contribution in [0.2, 0.25) is 5.02 Å². The lowest BCUT2D eigenvalue weighted by Gasteiger charge is -2.38. The van der Waals surface area contributed by atoms with Crippen LogP contribution >= 0.6 is 11.6 Å². The second kappa shape index (κ2) is 12.1. The number of benzene rings is 2. The summed E-state index contributed by atoms with van der Waals surface area (Å²) in [5.41, 5.74) is 2.21. The van der Waals surface area contributed by atoms with E-state index in [2.05, 4.69) is 20.3 Å². The molecule has 0 unspecified atom stereocenters. The Bertz CT molecular complexity index is 1190. The van der Waals surface area contributed by atoms with Crippen molar-refractivity contribution < 1.29 is 18.0 Å². The Kier molecular flexibility index (Phi) is 8.94. The summed E-state index contributed by atoms with van der Waals surface area (Å²) in [7, 11) is -3.42. The van der Waals surface area contributed by atoms with Gasteiger partial charge in [0.1, 0.15) is 6.04 Å². The highest BCUT2D eigenvalue weighted by atomic mass is 35.5. The number of carbonyl (C=O) groups excluding carboxylic acids is 2. The zero-order valence-electron chi connectivity index (χ0n) is 21.0. The van der Waals surface area contributed by atoms with E-state index in [1.165, 1.54) is 0 Å². The lowest BCUT2D eigenvalue weighted by molar-refractivity contribution is -0.138. The Labute approximate surface area is 223 Å². The molecule has 0 spiro atoms. The van der Waals surface area contributed by atoms with Crippen molar-refractivity contribution >= 4 is 44.8 Å². The van der Waals surface area contributed by atoms with Crippen LogP contribution in [0, 0.1) is 5.92 Å². The molecule has 9 nitrogen and oxygen atoms in total. The molecule has 37 heavy (non-hydrogen) atoms. The molecule has 2 heterocycles. The van der Waals surface area contributed by atoms with Crippen molar-refractivity contribution in [2.45, 2.75) is 25.3 Å². The molecule has 2 aliphatic heterocycles. The van der Waals surface area contributed by atoms with Crippen molar-refractivity contribution in [1.82, 2.24) is 15.5 Å². The SMILES string of the molecule is CS(=O)(=O)Nc1ccccc1N1CCN(C(=O)[C@@H](Cc2ccc(Cl)cc2)NC(=O)C2CCNCC2)CC1. The van der Waals surface area contributed by atoms with Gasteiger partial charge < -0.3 is 20.4 Å². The molecule has 0 aromatic heterocycles. The average Bonchev–Trinajstić information content (AvgIpc) is 2.89. The fourth-order valence-electron chi connectivity index (χ4n) is 4.85. The number of halogens is 1. The first-order valence-electron chi connectivity index (χ1n) is 12.6. The molecule has 2 amide bonds. The molecule has 200 valence electrons. The number of para-hydroxylation sites is 2. The van der Waals surface area contributed by atoms with Gasteiger partial charge in [0.05, 0.1) is 17.6 Å². The molecule has 11 heteroatoms. The third kappa shape index (κ3) is 7.59. The minimum Gasteiger partial charge on any atom is -0.366 e. The highest BCUT2D eigenvalue weighted by Crippen LogP contribution is 2.27. The van der Waals surface area contributed by atoms with Crippen molar-refractivity contribution in [2.24, 2.45) is 5.92 Å². The van der Waals surface area contributed by atoms with Crippen LogP contribution in [0.1, 0.15) is 18.4 Å². The van der Waals surface area contributed by atoms with E-state index >= 15 is 0 Å². The number of rotatable bonds is 8. The molecule has 2 aromatic rings. The molecule has 2 saturated heterocycles. The fourth-order valence-corrected chi connectivity index (χ4v) is 5.55. The number of nitrogens with zero attached hydrogens (tertiary/aromatic N) is 2. The predicted octanol–water partition coefficient (Wildman–Crippen LogP) is 2.09. The first kappa shape index (κ1) is 27.2. The normalized spacial score (nSPS) is 17.8. The first-order chi connectivity index (χ1) is 17.7. The number of nitrogens with one attached hydrogen (secondary N) is 3. The Morgan fingerprint density at radius 2 is 1.68 bits per heavy atom. The van der Waals surface area contributed by atoms with E-state index in [-0.39, 0.29) is 17.7 Å². The summed E-state index contributed by atoms with van der Waals surface area (Å²) in [4.78, 5) is 30.5. The Balaban J connectivity index is 1.45. The van der Waals surface area contributed by atoms with Gasteiger partial charge in [0.2, 0.25) is 21.8 Å². The van der Waals surface area contributed by atoms with Crippen molar-refractivity contribution in [3.05, 3.63) is 59.1 Å². The number of piperazine rings is 1. The molecule has 0 radical (unpaired) electrons. The van der Waals surface area contributed by atoms with Crippen molar-refractivity contribution in [1.29, 1.82) is 0 Å². The smallest absolute Gasteiger partial charge is 0.245 e. The largest absolute Gasteiger partial charge is 0.366 e. The van der Waals surface area contributed by atoms with Crippen LogP contribution in [-0.2, 0) is 26.0 Å². The molecule has 3 N–H and O–H groups in total. The van der Waals surface area contributed by atoms with Gasteiger partial charge in [-0.15, -0.1) is 0 Å². The number of anilines is 2. The second-order valence-electron chi connectivity index (χ2n) is 9.62. The van der Waals surface area contributed by atoms with E-state index in [4.69, 9.17) is 11.6 Å². The summed E-state index contributed by atoms with van der Waals surface area (Å²) in [6.45, 7) is 3.62.